The van der Waals surface area contributed by atoms with Crippen LogP contribution in [-0.4, -0.2) is 55.2 Å². The van der Waals surface area contributed by atoms with E-state index < -0.39 is 47.8 Å². The fraction of sp³-hybridized carbons (Fsp3) is 0.545. The number of aliphatic hydroxyl groups excluding tert-OH is 2. The second kappa shape index (κ2) is 4.94. The largest absolute Gasteiger partial charge is 0.394 e. The van der Waals surface area contributed by atoms with E-state index in [9.17, 15) is 19.8 Å². The first kappa shape index (κ1) is 14.6. The Bertz CT molecular complexity index is 584. The van der Waals surface area contributed by atoms with Gasteiger partial charge in [-0.05, 0) is 6.92 Å². The van der Waals surface area contributed by atoms with Gasteiger partial charge in [0.05, 0.1) is 6.61 Å². The molecule has 1 amide bonds. The van der Waals surface area contributed by atoms with Crippen LogP contribution in [0, 0.1) is 0 Å². The minimum absolute atomic E-state index is 0.506. The summed E-state index contributed by atoms with van der Waals surface area (Å²) in [6.45, 7) is 0.727. The van der Waals surface area contributed by atoms with Crippen molar-refractivity contribution in [3.8, 4) is 0 Å². The molecule has 0 unspecified atom stereocenters. The Morgan fingerprint density at radius 1 is 1.65 bits per heavy atom. The first-order valence-corrected chi connectivity index (χ1v) is 5.84. The van der Waals surface area contributed by atoms with Crippen LogP contribution in [0.25, 0.3) is 0 Å². The third-order valence-electron chi connectivity index (χ3n) is 3.29. The normalized spacial score (nSPS) is 33.3. The molecule has 2 rings (SSSR count). The molecule has 4 atom stereocenters. The van der Waals surface area contributed by atoms with Gasteiger partial charge in [0.25, 0.3) is 11.5 Å². The predicted molar refractivity (Wildman–Crippen MR) is 64.6 cm³/mol. The van der Waals surface area contributed by atoms with Crippen LogP contribution in [0.4, 0.5) is 0 Å². The number of carbonyl (C=O) groups is 1. The van der Waals surface area contributed by atoms with Crippen molar-refractivity contribution in [2.24, 2.45) is 5.73 Å². The molecular weight excluding hydrogens is 270 g/mol. The highest BCUT2D eigenvalue weighted by atomic mass is 16.6. The fourth-order valence-electron chi connectivity index (χ4n) is 2.17. The molecule has 0 bridgehead atoms. The van der Waals surface area contributed by atoms with Crippen LogP contribution in [0.15, 0.2) is 17.2 Å². The van der Waals surface area contributed by atoms with E-state index in [-0.39, 0.29) is 0 Å². The Balaban J connectivity index is 2.50. The zero-order valence-electron chi connectivity index (χ0n) is 10.6. The number of rotatable bonds is 3. The number of carbonyl (C=O) groups excluding carboxylic acids is 1. The van der Waals surface area contributed by atoms with E-state index in [1.165, 1.54) is 13.1 Å². The van der Waals surface area contributed by atoms with E-state index >= 15 is 0 Å². The van der Waals surface area contributed by atoms with Gasteiger partial charge in [0, 0.05) is 12.4 Å². The standard InChI is InChI=1S/C11H15N3O6/c1-11(19)7(16)5(4-15)20-10(11)14-3-2-13-6(8(12)17)9(14)18/h2-3,5,7,10,15-16,19H,4H2,1H3,(H2,12,17)/t5-,7-,10-,11-/m1/s1. The molecule has 0 spiro atoms. The second-order valence-corrected chi connectivity index (χ2v) is 4.73. The van der Waals surface area contributed by atoms with Gasteiger partial charge in [0.15, 0.2) is 11.9 Å². The monoisotopic (exact) mass is 285 g/mol. The van der Waals surface area contributed by atoms with Gasteiger partial charge < -0.3 is 25.8 Å². The van der Waals surface area contributed by atoms with Crippen molar-refractivity contribution < 1.29 is 24.9 Å². The summed E-state index contributed by atoms with van der Waals surface area (Å²) in [6.07, 6.45) is -1.37. The van der Waals surface area contributed by atoms with Gasteiger partial charge in [-0.3, -0.25) is 14.2 Å². The molecule has 1 aliphatic heterocycles. The summed E-state index contributed by atoms with van der Waals surface area (Å²) in [5, 5.41) is 29.2. The molecule has 1 saturated heterocycles. The molecule has 5 N–H and O–H groups in total. The molecule has 9 heteroatoms. The fourth-order valence-corrected chi connectivity index (χ4v) is 2.17. The van der Waals surface area contributed by atoms with Crippen LogP contribution in [0.3, 0.4) is 0 Å². The SMILES string of the molecule is C[C@@]1(O)[C@H](O)[C@@H](CO)O[C@H]1n1ccnc(C(N)=O)c1=O. The molecule has 9 nitrogen and oxygen atoms in total. The first-order valence-electron chi connectivity index (χ1n) is 5.84. The summed E-state index contributed by atoms with van der Waals surface area (Å²) in [4.78, 5) is 26.7. The number of amides is 1. The van der Waals surface area contributed by atoms with Gasteiger partial charge in [0.1, 0.15) is 17.8 Å². The molecule has 0 radical (unpaired) electrons. The van der Waals surface area contributed by atoms with E-state index in [4.69, 9.17) is 15.6 Å². The number of ether oxygens (including phenoxy) is 1. The van der Waals surface area contributed by atoms with Crippen molar-refractivity contribution in [2.45, 2.75) is 31.0 Å². The third-order valence-corrected chi connectivity index (χ3v) is 3.29. The predicted octanol–water partition coefficient (Wildman–Crippen LogP) is -2.66. The summed E-state index contributed by atoms with van der Waals surface area (Å²) < 4.78 is 6.18. The first-order chi connectivity index (χ1) is 9.30. The van der Waals surface area contributed by atoms with Crippen molar-refractivity contribution in [1.29, 1.82) is 0 Å². The summed E-state index contributed by atoms with van der Waals surface area (Å²) in [6, 6.07) is 0. The Labute approximate surface area is 113 Å². The van der Waals surface area contributed by atoms with E-state index in [1.54, 1.807) is 0 Å². The average Bonchev–Trinajstić information content (AvgIpc) is 2.61. The lowest BCUT2D eigenvalue weighted by Gasteiger charge is -2.27. The lowest BCUT2D eigenvalue weighted by Crippen LogP contribution is -2.46. The summed E-state index contributed by atoms with van der Waals surface area (Å²) in [5.74, 6) is -1.01. The number of nitrogens with zero attached hydrogens (tertiary/aromatic N) is 2. The topological polar surface area (TPSA) is 148 Å². The number of primary amides is 1. The van der Waals surface area contributed by atoms with Crippen LogP contribution in [0.1, 0.15) is 23.6 Å². The molecular formula is C11H15N3O6. The Hall–Kier alpha value is -1.81. The van der Waals surface area contributed by atoms with Gasteiger partial charge in [0.2, 0.25) is 0 Å². The summed E-state index contributed by atoms with van der Waals surface area (Å²) in [5.41, 5.74) is 1.84. The highest BCUT2D eigenvalue weighted by Gasteiger charge is 2.53. The van der Waals surface area contributed by atoms with Crippen molar-refractivity contribution in [2.75, 3.05) is 6.61 Å². The van der Waals surface area contributed by atoms with Crippen LogP contribution in [-0.2, 0) is 4.74 Å². The third kappa shape index (κ3) is 2.10. The number of nitrogens with two attached hydrogens (primary N) is 1. The van der Waals surface area contributed by atoms with E-state index in [0.29, 0.717) is 0 Å². The van der Waals surface area contributed by atoms with Gasteiger partial charge in [-0.1, -0.05) is 0 Å². The van der Waals surface area contributed by atoms with Crippen molar-refractivity contribution in [3.63, 3.8) is 0 Å². The zero-order chi connectivity index (χ0) is 15.1. The van der Waals surface area contributed by atoms with Crippen LogP contribution < -0.4 is 11.3 Å². The summed E-state index contributed by atoms with van der Waals surface area (Å²) >= 11 is 0. The van der Waals surface area contributed by atoms with E-state index in [2.05, 4.69) is 4.98 Å². The van der Waals surface area contributed by atoms with Gasteiger partial charge in [-0.2, -0.15) is 0 Å². The van der Waals surface area contributed by atoms with E-state index in [1.807, 2.05) is 0 Å². The van der Waals surface area contributed by atoms with Crippen LogP contribution in [0.5, 0.6) is 0 Å². The maximum Gasteiger partial charge on any atom is 0.284 e. The minimum atomic E-state index is -1.83. The Kier molecular flexibility index (Phi) is 3.61. The molecule has 110 valence electrons. The van der Waals surface area contributed by atoms with Crippen molar-refractivity contribution in [1.82, 2.24) is 9.55 Å². The molecule has 1 aromatic rings. The van der Waals surface area contributed by atoms with Gasteiger partial charge >= 0.3 is 0 Å². The molecule has 0 aliphatic carbocycles. The number of hydrogen-bond acceptors (Lipinski definition) is 7. The lowest BCUT2D eigenvalue weighted by atomic mass is 9.96. The number of aromatic nitrogens is 2. The number of hydrogen-bond donors (Lipinski definition) is 4. The molecule has 0 saturated carbocycles. The molecule has 2 heterocycles. The quantitative estimate of drug-likeness (QED) is 0.473. The summed E-state index contributed by atoms with van der Waals surface area (Å²) in [7, 11) is 0. The molecule has 1 aliphatic rings. The molecule has 1 aromatic heterocycles. The van der Waals surface area contributed by atoms with Crippen LogP contribution >= 0.6 is 0 Å². The Morgan fingerprint density at radius 3 is 2.80 bits per heavy atom. The highest BCUT2D eigenvalue weighted by Crippen LogP contribution is 2.37. The Morgan fingerprint density at radius 2 is 2.30 bits per heavy atom. The number of aliphatic hydroxyl groups is 3. The van der Waals surface area contributed by atoms with Crippen LogP contribution in [0.2, 0.25) is 0 Å². The highest BCUT2D eigenvalue weighted by molar-refractivity contribution is 5.90. The van der Waals surface area contributed by atoms with E-state index in [0.717, 1.165) is 10.8 Å². The minimum Gasteiger partial charge on any atom is -0.394 e. The molecule has 20 heavy (non-hydrogen) atoms. The molecule has 0 aromatic carbocycles. The van der Waals surface area contributed by atoms with Gasteiger partial charge in [-0.15, -0.1) is 0 Å². The molecule has 1 fully saturated rings. The maximum absolute atomic E-state index is 12.1. The smallest absolute Gasteiger partial charge is 0.284 e. The second-order valence-electron chi connectivity index (χ2n) is 4.73. The van der Waals surface area contributed by atoms with Gasteiger partial charge in [-0.25, -0.2) is 4.98 Å². The lowest BCUT2D eigenvalue weighted by molar-refractivity contribution is -0.0983. The maximum atomic E-state index is 12.1. The van der Waals surface area contributed by atoms with Crippen molar-refractivity contribution in [3.05, 3.63) is 28.4 Å². The average molecular weight is 285 g/mol. The zero-order valence-corrected chi connectivity index (χ0v) is 10.6. The van der Waals surface area contributed by atoms with Crippen molar-refractivity contribution >= 4 is 5.91 Å².